The van der Waals surface area contributed by atoms with E-state index in [1.807, 2.05) is 20.8 Å². The first kappa shape index (κ1) is 29.2. The van der Waals surface area contributed by atoms with Gasteiger partial charge in [0.1, 0.15) is 0 Å². The Morgan fingerprint density at radius 3 is 1.07 bits per heavy atom. The van der Waals surface area contributed by atoms with E-state index < -0.39 is 6.68 Å². The van der Waals surface area contributed by atoms with Crippen LogP contribution in [0.4, 0.5) is 13.2 Å². The predicted octanol–water partition coefficient (Wildman–Crippen LogP) is 5.62. The smallest absolute Gasteiger partial charge is 0.174 e. The second-order valence-electron chi connectivity index (χ2n) is 1.36. The van der Waals surface area contributed by atoms with Crippen molar-refractivity contribution in [3.8, 4) is 0 Å². The first-order valence-electron chi connectivity index (χ1n) is 4.55. The molecule has 14 heavy (non-hydrogen) atoms. The van der Waals surface area contributed by atoms with Crippen molar-refractivity contribution in [2.24, 2.45) is 0 Å². The summed E-state index contributed by atoms with van der Waals surface area (Å²) in [6.07, 6.45) is 3.00. The standard InChI is InChI=1S/C3H8.C3H6.C2H6.C2H4.CHF3/c2*1-3-2;2*1-2;2-1(3)4/h3H2,1-2H3;3H,1H2,2H3;1-2H3;1-2H2;1H. The Hall–Kier alpha value is -0.730. The fourth-order valence-corrected chi connectivity index (χ4v) is 0. The summed E-state index contributed by atoms with van der Waals surface area (Å²) in [7, 11) is 0. The lowest BCUT2D eigenvalue weighted by atomic mass is 10.6. The summed E-state index contributed by atoms with van der Waals surface area (Å²) in [5, 5.41) is 0. The Morgan fingerprint density at radius 1 is 1.07 bits per heavy atom. The van der Waals surface area contributed by atoms with Gasteiger partial charge in [-0.15, -0.1) is 19.7 Å². The number of rotatable bonds is 0. The highest BCUT2D eigenvalue weighted by Crippen LogP contribution is 1.87. The lowest BCUT2D eigenvalue weighted by Gasteiger charge is -1.65. The second-order valence-corrected chi connectivity index (χ2v) is 1.36. The maximum Gasteiger partial charge on any atom is 0.379 e. The van der Waals surface area contributed by atoms with Gasteiger partial charge in [0.2, 0.25) is 0 Å². The van der Waals surface area contributed by atoms with Crippen LogP contribution >= 0.6 is 0 Å². The van der Waals surface area contributed by atoms with Gasteiger partial charge in [-0.25, -0.2) is 0 Å². The summed E-state index contributed by atoms with van der Waals surface area (Å²) in [6, 6.07) is 0. The molecule has 0 nitrogen and oxygen atoms in total. The van der Waals surface area contributed by atoms with Crippen LogP contribution in [0, 0.1) is 0 Å². The molecule has 90 valence electrons. The third-order valence-electron chi connectivity index (χ3n) is 0. The van der Waals surface area contributed by atoms with Crippen LogP contribution in [-0.2, 0) is 0 Å². The molecule has 0 atom stereocenters. The van der Waals surface area contributed by atoms with Crippen LogP contribution in [0.1, 0.15) is 41.0 Å². The summed E-state index contributed by atoms with van der Waals surface area (Å²) < 4.78 is 29.0. The SMILES string of the molecule is C=C.C=CC.CC.CCC.FC(F)F. The largest absolute Gasteiger partial charge is 0.379 e. The van der Waals surface area contributed by atoms with Gasteiger partial charge in [0.05, 0.1) is 0 Å². The van der Waals surface area contributed by atoms with Crippen molar-refractivity contribution >= 4 is 0 Å². The van der Waals surface area contributed by atoms with Crippen molar-refractivity contribution in [1.82, 2.24) is 0 Å². The molecule has 3 heteroatoms. The summed E-state index contributed by atoms with van der Waals surface area (Å²) >= 11 is 0. The molecule has 0 aromatic heterocycles. The average molecular weight is 214 g/mol. The molecule has 0 saturated heterocycles. The van der Waals surface area contributed by atoms with Gasteiger partial charge in [-0.3, -0.25) is 0 Å². The zero-order valence-corrected chi connectivity index (χ0v) is 10.1. The molecule has 0 amide bonds. The van der Waals surface area contributed by atoms with Crippen molar-refractivity contribution in [3.05, 3.63) is 25.8 Å². The molecule has 0 saturated carbocycles. The van der Waals surface area contributed by atoms with Crippen LogP contribution < -0.4 is 0 Å². The summed E-state index contributed by atoms with van der Waals surface area (Å²) in [4.78, 5) is 0. The number of allylic oxidation sites excluding steroid dienone is 1. The van der Waals surface area contributed by atoms with E-state index in [1.165, 1.54) is 6.42 Å². The van der Waals surface area contributed by atoms with E-state index >= 15 is 0 Å². The molecule has 0 aliphatic heterocycles. The lowest BCUT2D eigenvalue weighted by molar-refractivity contribution is 0.00819. The third kappa shape index (κ3) is 2230. The van der Waals surface area contributed by atoms with Crippen LogP contribution in [0.25, 0.3) is 0 Å². The van der Waals surface area contributed by atoms with E-state index in [9.17, 15) is 13.2 Å². The van der Waals surface area contributed by atoms with Gasteiger partial charge in [0.15, 0.2) is 0 Å². The number of halogens is 3. The average Bonchev–Trinajstić information content (AvgIpc) is 2.12. The molecule has 0 aromatic carbocycles. The van der Waals surface area contributed by atoms with Crippen molar-refractivity contribution in [1.29, 1.82) is 0 Å². The Kier molecular flexibility index (Phi) is 178. The highest BCUT2D eigenvalue weighted by molar-refractivity contribution is 4.51. The minimum Gasteiger partial charge on any atom is -0.174 e. The molecule has 0 fully saturated rings. The fourth-order valence-electron chi connectivity index (χ4n) is 0. The molecule has 0 spiro atoms. The lowest BCUT2D eigenvalue weighted by Crippen LogP contribution is -1.65. The van der Waals surface area contributed by atoms with E-state index in [-0.39, 0.29) is 0 Å². The number of hydrogen-bond acceptors (Lipinski definition) is 0. The molecular formula is C11H25F3. The van der Waals surface area contributed by atoms with Gasteiger partial charge in [-0.1, -0.05) is 40.2 Å². The van der Waals surface area contributed by atoms with Gasteiger partial charge in [-0.05, 0) is 6.92 Å². The Morgan fingerprint density at radius 2 is 1.07 bits per heavy atom. The van der Waals surface area contributed by atoms with E-state index in [2.05, 4.69) is 33.6 Å². The molecule has 0 aromatic rings. The molecule has 0 radical (unpaired) electrons. The highest BCUT2D eigenvalue weighted by Gasteiger charge is 1.86. The molecule has 0 unspecified atom stereocenters. The quantitative estimate of drug-likeness (QED) is 0.459. The Bertz CT molecular complexity index is 51.7. The summed E-state index contributed by atoms with van der Waals surface area (Å²) in [5.74, 6) is 0. The minimum absolute atomic E-state index is 1.25. The first-order valence-corrected chi connectivity index (χ1v) is 4.55. The van der Waals surface area contributed by atoms with Crippen molar-refractivity contribution in [2.75, 3.05) is 0 Å². The fraction of sp³-hybridized carbons (Fsp3) is 0.636. The second kappa shape index (κ2) is 85.5. The van der Waals surface area contributed by atoms with Crippen LogP contribution in [0.5, 0.6) is 0 Å². The summed E-state index contributed by atoms with van der Waals surface area (Å²) in [6.45, 7) is 15.8. The monoisotopic (exact) mass is 214 g/mol. The van der Waals surface area contributed by atoms with Crippen LogP contribution in [-0.4, -0.2) is 6.68 Å². The molecule has 0 rings (SSSR count). The van der Waals surface area contributed by atoms with Crippen LogP contribution in [0.3, 0.4) is 0 Å². The molecule has 0 aliphatic rings. The molecule has 0 aliphatic carbocycles. The van der Waals surface area contributed by atoms with E-state index in [1.54, 1.807) is 6.08 Å². The molecule has 0 heterocycles. The van der Waals surface area contributed by atoms with Gasteiger partial charge < -0.3 is 0 Å². The zero-order valence-electron chi connectivity index (χ0n) is 10.1. The molecular weight excluding hydrogens is 189 g/mol. The van der Waals surface area contributed by atoms with E-state index in [0.29, 0.717) is 0 Å². The van der Waals surface area contributed by atoms with Gasteiger partial charge in [-0.2, -0.15) is 13.2 Å². The van der Waals surface area contributed by atoms with Gasteiger partial charge in [0, 0.05) is 0 Å². The van der Waals surface area contributed by atoms with Crippen LogP contribution in [0.2, 0.25) is 0 Å². The molecule has 0 N–H and O–H groups in total. The normalized spacial score (nSPS) is 5.50. The minimum atomic E-state index is -3.67. The highest BCUT2D eigenvalue weighted by atomic mass is 19.4. The maximum absolute atomic E-state index is 9.67. The van der Waals surface area contributed by atoms with E-state index in [4.69, 9.17) is 0 Å². The van der Waals surface area contributed by atoms with Crippen molar-refractivity contribution in [2.45, 2.75) is 47.7 Å². The number of hydrogen-bond donors (Lipinski definition) is 0. The first-order chi connectivity index (χ1) is 6.56. The topological polar surface area (TPSA) is 0 Å². The summed E-state index contributed by atoms with van der Waals surface area (Å²) in [5.41, 5.74) is 0. The number of alkyl halides is 3. The van der Waals surface area contributed by atoms with Crippen molar-refractivity contribution < 1.29 is 13.2 Å². The Balaban J connectivity index is -0.0000000249. The zero-order chi connectivity index (χ0) is 13.0. The van der Waals surface area contributed by atoms with Gasteiger partial charge in [0.25, 0.3) is 0 Å². The third-order valence-corrected chi connectivity index (χ3v) is 0. The molecule has 0 bridgehead atoms. The van der Waals surface area contributed by atoms with Gasteiger partial charge >= 0.3 is 6.68 Å². The van der Waals surface area contributed by atoms with Crippen LogP contribution in [0.15, 0.2) is 25.8 Å². The van der Waals surface area contributed by atoms with E-state index in [0.717, 1.165) is 0 Å². The Labute approximate surface area is 87.5 Å². The predicted molar refractivity (Wildman–Crippen MR) is 61.6 cm³/mol. The van der Waals surface area contributed by atoms with Crippen molar-refractivity contribution in [3.63, 3.8) is 0 Å². The maximum atomic E-state index is 9.67.